The monoisotopic (exact) mass is 297 g/mol. The molecule has 5 nitrogen and oxygen atoms in total. The fraction of sp³-hybridized carbons (Fsp3) is 0.0769. The number of hydrogen-bond acceptors (Lipinski definition) is 4. The Labute approximate surface area is 118 Å². The minimum atomic E-state index is -0.630. The minimum Gasteiger partial charge on any atom is -0.490 e. The van der Waals surface area contributed by atoms with Gasteiger partial charge in [-0.25, -0.2) is 4.39 Å². The van der Waals surface area contributed by atoms with E-state index in [1.807, 2.05) is 0 Å². The molecule has 0 N–H and O–H groups in total. The van der Waals surface area contributed by atoms with Gasteiger partial charge in [0.2, 0.25) is 5.75 Å². The van der Waals surface area contributed by atoms with Crippen LogP contribution in [0.1, 0.15) is 0 Å². The fourth-order valence-corrected chi connectivity index (χ4v) is 1.72. The summed E-state index contributed by atoms with van der Waals surface area (Å²) >= 11 is 5.63. The number of rotatable bonds is 4. The molecule has 0 saturated heterocycles. The predicted octanol–water partition coefficient (Wildman–Crippen LogP) is 4.19. The van der Waals surface area contributed by atoms with Crippen molar-refractivity contribution in [3.8, 4) is 17.2 Å². The molecule has 2 rings (SSSR count). The maximum atomic E-state index is 13.6. The molecule has 0 atom stereocenters. The normalized spacial score (nSPS) is 10.2. The average Bonchev–Trinajstić information content (AvgIpc) is 2.41. The lowest BCUT2D eigenvalue weighted by Crippen LogP contribution is -1.95. The number of benzene rings is 2. The predicted molar refractivity (Wildman–Crippen MR) is 71.1 cm³/mol. The van der Waals surface area contributed by atoms with Crippen LogP contribution in [-0.2, 0) is 0 Å². The third kappa shape index (κ3) is 2.97. The number of halogens is 2. The number of nitrogens with zero attached hydrogens (tertiary/aromatic N) is 1. The number of hydrogen-bond donors (Lipinski definition) is 0. The number of nitro groups is 1. The first-order valence-corrected chi connectivity index (χ1v) is 5.84. The van der Waals surface area contributed by atoms with E-state index in [9.17, 15) is 14.5 Å². The van der Waals surface area contributed by atoms with E-state index in [0.29, 0.717) is 0 Å². The van der Waals surface area contributed by atoms with Crippen molar-refractivity contribution in [1.29, 1.82) is 0 Å². The molecule has 0 aromatic heterocycles. The summed E-state index contributed by atoms with van der Waals surface area (Å²) in [6.45, 7) is 0. The Bertz CT molecular complexity index is 663. The van der Waals surface area contributed by atoms with Gasteiger partial charge in [0.1, 0.15) is 5.75 Å². The van der Waals surface area contributed by atoms with Gasteiger partial charge >= 0.3 is 5.69 Å². The number of nitro benzene ring substituents is 1. The summed E-state index contributed by atoms with van der Waals surface area (Å²) in [5.74, 6) is -0.421. The van der Waals surface area contributed by atoms with E-state index < -0.39 is 10.7 Å². The third-order valence-corrected chi connectivity index (χ3v) is 2.70. The molecule has 0 aliphatic rings. The standard InChI is InChI=1S/C13H9ClFNO4/c1-19-13-7-9(3-4-11(13)16(17)18)20-12-5-2-8(14)6-10(12)15/h2-7H,1H3. The molecule has 2 aromatic rings. The average molecular weight is 298 g/mol. The molecule has 20 heavy (non-hydrogen) atoms. The van der Waals surface area contributed by atoms with Gasteiger partial charge in [0.05, 0.1) is 12.0 Å². The quantitative estimate of drug-likeness (QED) is 0.627. The molecule has 0 aliphatic heterocycles. The molecule has 0 unspecified atom stereocenters. The van der Waals surface area contributed by atoms with Gasteiger partial charge in [-0.1, -0.05) is 11.6 Å². The van der Waals surface area contributed by atoms with Crippen LogP contribution in [0.5, 0.6) is 17.2 Å². The highest BCUT2D eigenvalue weighted by Crippen LogP contribution is 2.34. The van der Waals surface area contributed by atoms with Crippen molar-refractivity contribution >= 4 is 17.3 Å². The molecule has 0 saturated carbocycles. The summed E-state index contributed by atoms with van der Waals surface area (Å²) < 4.78 is 23.8. The van der Waals surface area contributed by atoms with E-state index in [1.165, 1.54) is 37.4 Å². The van der Waals surface area contributed by atoms with Gasteiger partial charge in [-0.15, -0.1) is 0 Å². The van der Waals surface area contributed by atoms with Crippen molar-refractivity contribution in [1.82, 2.24) is 0 Å². The smallest absolute Gasteiger partial charge is 0.311 e. The molecular formula is C13H9ClFNO4. The van der Waals surface area contributed by atoms with E-state index in [0.717, 1.165) is 6.07 Å². The molecule has 2 aromatic carbocycles. The zero-order chi connectivity index (χ0) is 14.7. The molecule has 104 valence electrons. The van der Waals surface area contributed by atoms with Crippen LogP contribution in [0, 0.1) is 15.9 Å². The molecule has 0 fully saturated rings. The Balaban J connectivity index is 2.32. The molecule has 0 bridgehead atoms. The number of ether oxygens (including phenoxy) is 2. The van der Waals surface area contributed by atoms with Gasteiger partial charge in [-0.2, -0.15) is 0 Å². The summed E-state index contributed by atoms with van der Waals surface area (Å²) in [4.78, 5) is 10.2. The maximum absolute atomic E-state index is 13.6. The van der Waals surface area contributed by atoms with E-state index in [2.05, 4.69) is 0 Å². The first-order valence-electron chi connectivity index (χ1n) is 5.46. The van der Waals surface area contributed by atoms with Crippen LogP contribution in [0.4, 0.5) is 10.1 Å². The molecule has 0 heterocycles. The van der Waals surface area contributed by atoms with E-state index >= 15 is 0 Å². The van der Waals surface area contributed by atoms with Crippen LogP contribution in [0.3, 0.4) is 0 Å². The van der Waals surface area contributed by atoms with Crippen LogP contribution < -0.4 is 9.47 Å². The van der Waals surface area contributed by atoms with Crippen LogP contribution >= 0.6 is 11.6 Å². The van der Waals surface area contributed by atoms with Gasteiger partial charge in [0.15, 0.2) is 11.6 Å². The lowest BCUT2D eigenvalue weighted by molar-refractivity contribution is -0.385. The Morgan fingerprint density at radius 2 is 1.95 bits per heavy atom. The lowest BCUT2D eigenvalue weighted by Gasteiger charge is -2.08. The molecule has 0 radical (unpaired) electrons. The summed E-state index contributed by atoms with van der Waals surface area (Å²) in [5, 5.41) is 11.0. The van der Waals surface area contributed by atoms with E-state index in [-0.39, 0.29) is 28.0 Å². The molecule has 0 spiro atoms. The molecule has 0 aliphatic carbocycles. The van der Waals surface area contributed by atoms with Crippen LogP contribution in [0.25, 0.3) is 0 Å². The van der Waals surface area contributed by atoms with Gasteiger partial charge in [0, 0.05) is 17.2 Å². The van der Waals surface area contributed by atoms with E-state index in [1.54, 1.807) is 0 Å². The zero-order valence-corrected chi connectivity index (χ0v) is 11.1. The molecule has 0 amide bonds. The van der Waals surface area contributed by atoms with Crippen LogP contribution in [0.15, 0.2) is 36.4 Å². The van der Waals surface area contributed by atoms with E-state index in [4.69, 9.17) is 21.1 Å². The number of methoxy groups -OCH3 is 1. The Kier molecular flexibility index (Phi) is 4.05. The maximum Gasteiger partial charge on any atom is 0.311 e. The Morgan fingerprint density at radius 3 is 2.55 bits per heavy atom. The topological polar surface area (TPSA) is 61.6 Å². The van der Waals surface area contributed by atoms with Crippen molar-refractivity contribution in [2.24, 2.45) is 0 Å². The highest BCUT2D eigenvalue weighted by Gasteiger charge is 2.16. The minimum absolute atomic E-state index is 0.0295. The highest BCUT2D eigenvalue weighted by molar-refractivity contribution is 6.30. The Morgan fingerprint density at radius 1 is 1.20 bits per heavy atom. The van der Waals surface area contributed by atoms with Crippen LogP contribution in [-0.4, -0.2) is 12.0 Å². The largest absolute Gasteiger partial charge is 0.490 e. The Hall–Kier alpha value is -2.34. The molecular weight excluding hydrogens is 289 g/mol. The SMILES string of the molecule is COc1cc(Oc2ccc(Cl)cc2F)ccc1[N+](=O)[O-]. The lowest BCUT2D eigenvalue weighted by atomic mass is 10.2. The van der Waals surface area contributed by atoms with Gasteiger partial charge in [0.25, 0.3) is 0 Å². The summed E-state index contributed by atoms with van der Waals surface area (Å²) in [5.41, 5.74) is -0.198. The second-order valence-electron chi connectivity index (χ2n) is 3.77. The van der Waals surface area contributed by atoms with Crippen molar-refractivity contribution < 1.29 is 18.8 Å². The molecule has 7 heteroatoms. The summed E-state index contributed by atoms with van der Waals surface area (Å²) in [6, 6.07) is 7.84. The summed E-state index contributed by atoms with van der Waals surface area (Å²) in [6.07, 6.45) is 0. The first-order chi connectivity index (χ1) is 9.51. The van der Waals surface area contributed by atoms with Gasteiger partial charge in [-0.05, 0) is 24.3 Å². The fourth-order valence-electron chi connectivity index (χ4n) is 1.56. The summed E-state index contributed by atoms with van der Waals surface area (Å²) in [7, 11) is 1.30. The second-order valence-corrected chi connectivity index (χ2v) is 4.20. The van der Waals surface area contributed by atoms with Crippen molar-refractivity contribution in [2.75, 3.05) is 7.11 Å². The van der Waals surface area contributed by atoms with Crippen molar-refractivity contribution in [3.63, 3.8) is 0 Å². The van der Waals surface area contributed by atoms with Crippen LogP contribution in [0.2, 0.25) is 5.02 Å². The zero-order valence-electron chi connectivity index (χ0n) is 10.3. The van der Waals surface area contributed by atoms with Gasteiger partial charge in [-0.3, -0.25) is 10.1 Å². The third-order valence-electron chi connectivity index (χ3n) is 2.47. The highest BCUT2D eigenvalue weighted by atomic mass is 35.5. The first kappa shape index (κ1) is 14.1. The van der Waals surface area contributed by atoms with Crippen molar-refractivity contribution in [2.45, 2.75) is 0 Å². The van der Waals surface area contributed by atoms with Crippen molar-refractivity contribution in [3.05, 3.63) is 57.4 Å². The van der Waals surface area contributed by atoms with Gasteiger partial charge < -0.3 is 9.47 Å². The second kappa shape index (κ2) is 5.75.